The summed E-state index contributed by atoms with van der Waals surface area (Å²) in [4.78, 5) is 0. The number of ether oxygens (including phenoxy) is 1. The Bertz CT molecular complexity index is 405. The molecule has 1 nitrogen and oxygen atoms in total. The largest absolute Gasteiger partial charge is 0.375 e. The van der Waals surface area contributed by atoms with E-state index in [1.54, 1.807) is 0 Å². The van der Waals surface area contributed by atoms with Crippen LogP contribution in [0.2, 0.25) is 0 Å². The van der Waals surface area contributed by atoms with Gasteiger partial charge in [0.2, 0.25) is 0 Å². The van der Waals surface area contributed by atoms with Crippen LogP contribution in [-0.4, -0.2) is 16.8 Å². The van der Waals surface area contributed by atoms with E-state index < -0.39 is 0 Å². The van der Waals surface area contributed by atoms with Gasteiger partial charge in [-0.2, -0.15) is 0 Å². The minimum Gasteiger partial charge on any atom is -0.375 e. The van der Waals surface area contributed by atoms with Crippen molar-refractivity contribution in [3.63, 3.8) is 0 Å². The van der Waals surface area contributed by atoms with E-state index in [-0.39, 0.29) is 5.22 Å². The first-order chi connectivity index (χ1) is 8.15. The van der Waals surface area contributed by atoms with Crippen molar-refractivity contribution in [1.82, 2.24) is 0 Å². The molecule has 1 unspecified atom stereocenters. The summed E-state index contributed by atoms with van der Waals surface area (Å²) in [6, 6.07) is 6.78. The average Bonchev–Trinajstić information content (AvgIpc) is 2.30. The predicted octanol–water partition coefficient (Wildman–Crippen LogP) is 2.44. The molecule has 1 saturated heterocycles. The molecule has 0 aromatic heterocycles. The third kappa shape index (κ3) is 2.69. The van der Waals surface area contributed by atoms with Crippen molar-refractivity contribution >= 4 is 10.2 Å². The molecule has 0 bridgehead atoms. The van der Waals surface area contributed by atoms with Crippen LogP contribution < -0.4 is 0 Å². The molecule has 1 aromatic rings. The molecular weight excluding hydrogens is 224 g/mol. The van der Waals surface area contributed by atoms with Crippen LogP contribution in [0, 0.1) is 6.92 Å². The van der Waals surface area contributed by atoms with E-state index in [4.69, 9.17) is 4.74 Å². The highest BCUT2D eigenvalue weighted by atomic mass is 28.1. The van der Waals surface area contributed by atoms with Gasteiger partial charge >= 0.3 is 0 Å². The molecule has 92 valence electrons. The summed E-state index contributed by atoms with van der Waals surface area (Å²) in [5.74, 6) is 0. The molecular formula is C15H22OSi. The van der Waals surface area contributed by atoms with Crippen molar-refractivity contribution in [2.45, 2.75) is 37.8 Å². The molecule has 2 rings (SSSR count). The van der Waals surface area contributed by atoms with Gasteiger partial charge in [0.25, 0.3) is 0 Å². The quantitative estimate of drug-likeness (QED) is 0.588. The molecule has 1 aliphatic heterocycles. The van der Waals surface area contributed by atoms with Crippen LogP contribution >= 0.6 is 0 Å². The van der Waals surface area contributed by atoms with Gasteiger partial charge in [-0.3, -0.25) is 0 Å². The third-order valence-corrected chi connectivity index (χ3v) is 5.04. The van der Waals surface area contributed by atoms with Gasteiger partial charge in [0, 0.05) is 16.8 Å². The van der Waals surface area contributed by atoms with E-state index in [1.165, 1.54) is 36.0 Å². The Morgan fingerprint density at radius 1 is 1.47 bits per heavy atom. The summed E-state index contributed by atoms with van der Waals surface area (Å²) in [6.07, 6.45) is 6.63. The maximum absolute atomic E-state index is 6.07. The molecule has 0 radical (unpaired) electrons. The fourth-order valence-electron chi connectivity index (χ4n) is 2.76. The van der Waals surface area contributed by atoms with E-state index in [9.17, 15) is 0 Å². The lowest BCUT2D eigenvalue weighted by atomic mass is 9.94. The molecule has 1 atom stereocenters. The Kier molecular flexibility index (Phi) is 3.85. The number of allylic oxidation sites excluding steroid dienone is 1. The van der Waals surface area contributed by atoms with Crippen LogP contribution in [0.1, 0.15) is 36.0 Å². The summed E-state index contributed by atoms with van der Waals surface area (Å²) in [5.41, 5.74) is 4.14. The molecule has 0 saturated carbocycles. The van der Waals surface area contributed by atoms with Crippen LogP contribution in [0.25, 0.3) is 0 Å². The normalized spacial score (nSPS) is 24.8. The highest BCUT2D eigenvalue weighted by molar-refractivity contribution is 6.15. The second-order valence-electron chi connectivity index (χ2n) is 5.18. The molecule has 1 aromatic carbocycles. The zero-order valence-electron chi connectivity index (χ0n) is 11.0. The highest BCUT2D eigenvalue weighted by Gasteiger charge is 2.30. The number of hydrogen-bond donors (Lipinski definition) is 0. The second-order valence-corrected chi connectivity index (χ2v) is 6.79. The maximum Gasteiger partial charge on any atom is 0.0725 e. The molecule has 0 amide bonds. The third-order valence-electron chi connectivity index (χ3n) is 3.71. The summed E-state index contributed by atoms with van der Waals surface area (Å²) >= 11 is 0. The molecule has 0 aliphatic carbocycles. The second kappa shape index (κ2) is 5.19. The van der Waals surface area contributed by atoms with Gasteiger partial charge in [-0.1, -0.05) is 24.3 Å². The van der Waals surface area contributed by atoms with Gasteiger partial charge in [-0.25, -0.2) is 0 Å². The molecule has 1 heterocycles. The Morgan fingerprint density at radius 2 is 2.29 bits per heavy atom. The number of rotatable bonds is 3. The minimum absolute atomic E-state index is 0.0645. The van der Waals surface area contributed by atoms with Gasteiger partial charge in [0.05, 0.1) is 5.22 Å². The first-order valence-electron chi connectivity index (χ1n) is 6.50. The average molecular weight is 246 g/mol. The van der Waals surface area contributed by atoms with Crippen molar-refractivity contribution in [1.29, 1.82) is 0 Å². The van der Waals surface area contributed by atoms with Crippen molar-refractivity contribution in [3.8, 4) is 0 Å². The standard InChI is InChI=1S/C15H22OSi/c1-3-6-13-7-8-14(12(2)11-13)15(17)9-4-5-10-16-15/h3,7-8,11H,1,4-6,9-10H2,2,17H3. The number of hydrogen-bond acceptors (Lipinski definition) is 1. The van der Waals surface area contributed by atoms with Crippen LogP contribution in [0.4, 0.5) is 0 Å². The maximum atomic E-state index is 6.07. The van der Waals surface area contributed by atoms with Crippen molar-refractivity contribution < 1.29 is 4.74 Å². The molecule has 0 N–H and O–H groups in total. The summed E-state index contributed by atoms with van der Waals surface area (Å²) in [7, 11) is 1.07. The molecule has 0 spiro atoms. The molecule has 1 fully saturated rings. The SMILES string of the molecule is C=CCc1ccc(C2([SiH3])CCCCO2)c(C)c1. The number of benzene rings is 1. The van der Waals surface area contributed by atoms with Gasteiger partial charge in [-0.05, 0) is 49.3 Å². The van der Waals surface area contributed by atoms with Crippen molar-refractivity contribution in [2.75, 3.05) is 6.61 Å². The lowest BCUT2D eigenvalue weighted by Crippen LogP contribution is -2.34. The zero-order chi connectivity index (χ0) is 12.3. The van der Waals surface area contributed by atoms with E-state index in [2.05, 4.69) is 31.7 Å². The zero-order valence-corrected chi connectivity index (χ0v) is 13.0. The van der Waals surface area contributed by atoms with Crippen LogP contribution in [-0.2, 0) is 16.4 Å². The fourth-order valence-corrected chi connectivity index (χ4v) is 3.88. The van der Waals surface area contributed by atoms with E-state index in [0.717, 1.165) is 23.3 Å². The minimum atomic E-state index is 0.0645. The lowest BCUT2D eigenvalue weighted by molar-refractivity contribution is -0.0213. The topological polar surface area (TPSA) is 9.23 Å². The van der Waals surface area contributed by atoms with Crippen LogP contribution in [0.3, 0.4) is 0 Å². The van der Waals surface area contributed by atoms with Gasteiger partial charge in [-0.15, -0.1) is 6.58 Å². The van der Waals surface area contributed by atoms with Crippen molar-refractivity contribution in [3.05, 3.63) is 47.5 Å². The summed E-state index contributed by atoms with van der Waals surface area (Å²) < 4.78 is 6.07. The Morgan fingerprint density at radius 3 is 2.88 bits per heavy atom. The Hall–Kier alpha value is -0.863. The van der Waals surface area contributed by atoms with E-state index >= 15 is 0 Å². The first kappa shape index (κ1) is 12.6. The smallest absolute Gasteiger partial charge is 0.0725 e. The number of aryl methyl sites for hydroxylation is 1. The summed E-state index contributed by atoms with van der Waals surface area (Å²) in [5, 5.41) is 0.0645. The Balaban J connectivity index is 2.28. The molecule has 2 heteroatoms. The van der Waals surface area contributed by atoms with Gasteiger partial charge in [0.1, 0.15) is 0 Å². The lowest BCUT2D eigenvalue weighted by Gasteiger charge is -2.36. The van der Waals surface area contributed by atoms with E-state index in [0.29, 0.717) is 0 Å². The Labute approximate surface area is 107 Å². The van der Waals surface area contributed by atoms with Crippen LogP contribution in [0.5, 0.6) is 0 Å². The molecule has 17 heavy (non-hydrogen) atoms. The monoisotopic (exact) mass is 246 g/mol. The van der Waals surface area contributed by atoms with E-state index in [1.807, 2.05) is 6.08 Å². The van der Waals surface area contributed by atoms with Crippen molar-refractivity contribution in [2.24, 2.45) is 0 Å². The highest BCUT2D eigenvalue weighted by Crippen LogP contribution is 2.34. The first-order valence-corrected chi connectivity index (χ1v) is 7.50. The van der Waals surface area contributed by atoms with Gasteiger partial charge in [0.15, 0.2) is 0 Å². The van der Waals surface area contributed by atoms with Crippen LogP contribution in [0.15, 0.2) is 30.9 Å². The predicted molar refractivity (Wildman–Crippen MR) is 76.5 cm³/mol. The van der Waals surface area contributed by atoms with Gasteiger partial charge < -0.3 is 4.74 Å². The molecule has 1 aliphatic rings. The fraction of sp³-hybridized carbons (Fsp3) is 0.467. The summed E-state index contributed by atoms with van der Waals surface area (Å²) in [6.45, 7) is 6.93.